The third-order valence-electron chi connectivity index (χ3n) is 3.55. The largest absolute Gasteiger partial charge is 0.303 e. The van der Waals surface area contributed by atoms with Crippen molar-refractivity contribution in [3.63, 3.8) is 0 Å². The van der Waals surface area contributed by atoms with Gasteiger partial charge < -0.3 is 4.90 Å². The summed E-state index contributed by atoms with van der Waals surface area (Å²) in [6.45, 7) is 8.50. The van der Waals surface area contributed by atoms with Gasteiger partial charge in [0.1, 0.15) is 0 Å². The van der Waals surface area contributed by atoms with Crippen molar-refractivity contribution < 1.29 is 0 Å². The zero-order valence-corrected chi connectivity index (χ0v) is 12.9. The summed E-state index contributed by atoms with van der Waals surface area (Å²) in [6, 6.07) is 0. The maximum absolute atomic E-state index is 5.76. The molecule has 2 rings (SSSR count). The molecule has 0 amide bonds. The van der Waals surface area contributed by atoms with E-state index in [2.05, 4.69) is 29.1 Å². The highest BCUT2D eigenvalue weighted by molar-refractivity contribution is 7.09. The highest BCUT2D eigenvalue weighted by Crippen LogP contribution is 2.21. The van der Waals surface area contributed by atoms with E-state index in [0.717, 1.165) is 24.0 Å². The van der Waals surface area contributed by atoms with E-state index in [1.54, 1.807) is 11.3 Å². The van der Waals surface area contributed by atoms with Gasteiger partial charge in [-0.1, -0.05) is 13.8 Å². The molecule has 0 aromatic carbocycles. The number of nitrogens with zero attached hydrogens (tertiary/aromatic N) is 2. The second-order valence-electron chi connectivity index (χ2n) is 5.68. The van der Waals surface area contributed by atoms with Gasteiger partial charge in [0.25, 0.3) is 0 Å². The smallest absolute Gasteiger partial charge is 0.0929 e. The fourth-order valence-electron chi connectivity index (χ4n) is 2.95. The summed E-state index contributed by atoms with van der Waals surface area (Å²) in [6.07, 6.45) is 3.71. The molecule has 102 valence electrons. The molecule has 0 radical (unpaired) electrons. The highest BCUT2D eigenvalue weighted by atomic mass is 35.5. The summed E-state index contributed by atoms with van der Waals surface area (Å²) in [5.74, 6) is 2.26. The van der Waals surface area contributed by atoms with Crippen molar-refractivity contribution in [2.24, 2.45) is 11.8 Å². The molecule has 1 aromatic heterocycles. The Balaban J connectivity index is 1.71. The normalized spacial score (nSPS) is 25.5. The topological polar surface area (TPSA) is 16.1 Å². The van der Waals surface area contributed by atoms with E-state index in [4.69, 9.17) is 11.6 Å². The average molecular weight is 287 g/mol. The van der Waals surface area contributed by atoms with E-state index >= 15 is 0 Å². The van der Waals surface area contributed by atoms with Crippen LogP contribution in [0.1, 0.15) is 37.4 Å². The van der Waals surface area contributed by atoms with Gasteiger partial charge in [-0.25, -0.2) is 4.98 Å². The molecule has 1 fully saturated rings. The van der Waals surface area contributed by atoms with Crippen LogP contribution in [0.15, 0.2) is 5.38 Å². The lowest BCUT2D eigenvalue weighted by Crippen LogP contribution is -2.39. The van der Waals surface area contributed by atoms with Crippen molar-refractivity contribution in [2.45, 2.75) is 39.0 Å². The number of likely N-dealkylation sites (tertiary alicyclic amines) is 1. The molecule has 1 aliphatic heterocycles. The van der Waals surface area contributed by atoms with Crippen LogP contribution in [0.25, 0.3) is 0 Å². The lowest BCUT2D eigenvalue weighted by atomic mass is 9.92. The van der Waals surface area contributed by atoms with Gasteiger partial charge in [0.2, 0.25) is 0 Å². The van der Waals surface area contributed by atoms with Crippen molar-refractivity contribution in [1.29, 1.82) is 0 Å². The first-order valence-electron chi connectivity index (χ1n) is 6.89. The Kier molecular flexibility index (Phi) is 5.46. The maximum Gasteiger partial charge on any atom is 0.0929 e. The van der Waals surface area contributed by atoms with Crippen molar-refractivity contribution in [1.82, 2.24) is 9.88 Å². The van der Waals surface area contributed by atoms with E-state index in [9.17, 15) is 0 Å². The second-order valence-corrected chi connectivity index (χ2v) is 6.89. The molecule has 0 spiro atoms. The first kappa shape index (κ1) is 14.3. The summed E-state index contributed by atoms with van der Waals surface area (Å²) in [4.78, 5) is 7.13. The van der Waals surface area contributed by atoms with Crippen LogP contribution in [0, 0.1) is 11.8 Å². The van der Waals surface area contributed by atoms with Gasteiger partial charge >= 0.3 is 0 Å². The van der Waals surface area contributed by atoms with Gasteiger partial charge in [-0.2, -0.15) is 0 Å². The number of piperidine rings is 1. The zero-order valence-electron chi connectivity index (χ0n) is 11.4. The van der Waals surface area contributed by atoms with Crippen LogP contribution in [0.5, 0.6) is 0 Å². The first-order valence-corrected chi connectivity index (χ1v) is 8.30. The second kappa shape index (κ2) is 6.88. The van der Waals surface area contributed by atoms with E-state index in [1.165, 1.54) is 37.5 Å². The van der Waals surface area contributed by atoms with E-state index < -0.39 is 0 Å². The molecule has 1 saturated heterocycles. The minimum absolute atomic E-state index is 0.539. The fraction of sp³-hybridized carbons (Fsp3) is 0.786. The standard InChI is InChI=1S/C14H23ClN2S/c1-11-6-12(2)9-17(8-11)5-3-4-14-16-13(7-15)10-18-14/h10-12H,3-9H2,1-2H3. The highest BCUT2D eigenvalue weighted by Gasteiger charge is 2.21. The Morgan fingerprint density at radius 2 is 2.11 bits per heavy atom. The van der Waals surface area contributed by atoms with E-state index in [0.29, 0.717) is 5.88 Å². The average Bonchev–Trinajstić information content (AvgIpc) is 2.76. The number of alkyl halides is 1. The Morgan fingerprint density at radius 1 is 1.39 bits per heavy atom. The van der Waals surface area contributed by atoms with Crippen LogP contribution < -0.4 is 0 Å². The molecule has 1 aromatic rings. The molecule has 2 atom stereocenters. The van der Waals surface area contributed by atoms with Crippen LogP contribution in [0.2, 0.25) is 0 Å². The van der Waals surface area contributed by atoms with Crippen molar-refractivity contribution in [2.75, 3.05) is 19.6 Å². The molecule has 0 aliphatic carbocycles. The summed E-state index contributed by atoms with van der Waals surface area (Å²) in [5, 5.41) is 3.32. The van der Waals surface area contributed by atoms with Gasteiger partial charge in [-0.15, -0.1) is 22.9 Å². The minimum atomic E-state index is 0.539. The van der Waals surface area contributed by atoms with Crippen LogP contribution in [-0.4, -0.2) is 29.5 Å². The number of hydrogen-bond acceptors (Lipinski definition) is 3. The summed E-state index contributed by atoms with van der Waals surface area (Å²) >= 11 is 7.51. The third kappa shape index (κ3) is 4.22. The Labute approximate surface area is 119 Å². The van der Waals surface area contributed by atoms with Crippen molar-refractivity contribution in [3.8, 4) is 0 Å². The predicted molar refractivity (Wildman–Crippen MR) is 79.4 cm³/mol. The van der Waals surface area contributed by atoms with Gasteiger partial charge in [-0.3, -0.25) is 0 Å². The van der Waals surface area contributed by atoms with Gasteiger partial charge in [0.05, 0.1) is 16.6 Å². The number of aryl methyl sites for hydroxylation is 1. The van der Waals surface area contributed by atoms with E-state index in [-0.39, 0.29) is 0 Å². The number of halogens is 1. The molecule has 2 heterocycles. The number of aromatic nitrogens is 1. The summed E-state index contributed by atoms with van der Waals surface area (Å²) in [5.41, 5.74) is 1.02. The van der Waals surface area contributed by atoms with E-state index in [1.807, 2.05) is 0 Å². The van der Waals surface area contributed by atoms with Crippen molar-refractivity contribution in [3.05, 3.63) is 16.1 Å². The first-order chi connectivity index (χ1) is 8.67. The van der Waals surface area contributed by atoms with Crippen LogP contribution >= 0.6 is 22.9 Å². The van der Waals surface area contributed by atoms with Gasteiger partial charge in [0, 0.05) is 24.9 Å². The predicted octanol–water partition coefficient (Wildman–Crippen LogP) is 3.79. The number of hydrogen-bond donors (Lipinski definition) is 0. The molecule has 0 saturated carbocycles. The Hall–Kier alpha value is -0.120. The molecular formula is C14H23ClN2S. The van der Waals surface area contributed by atoms with Crippen LogP contribution in [0.3, 0.4) is 0 Å². The minimum Gasteiger partial charge on any atom is -0.303 e. The molecule has 1 aliphatic rings. The van der Waals surface area contributed by atoms with Crippen LogP contribution in [-0.2, 0) is 12.3 Å². The maximum atomic E-state index is 5.76. The fourth-order valence-corrected chi connectivity index (χ4v) is 4.02. The monoisotopic (exact) mass is 286 g/mol. The molecule has 4 heteroatoms. The summed E-state index contributed by atoms with van der Waals surface area (Å²) in [7, 11) is 0. The molecule has 2 unspecified atom stereocenters. The lowest BCUT2D eigenvalue weighted by molar-refractivity contribution is 0.140. The molecule has 18 heavy (non-hydrogen) atoms. The molecule has 2 nitrogen and oxygen atoms in total. The summed E-state index contributed by atoms with van der Waals surface area (Å²) < 4.78 is 0. The number of thiazole rings is 1. The molecule has 0 bridgehead atoms. The SMILES string of the molecule is CC1CC(C)CN(CCCc2nc(CCl)cs2)C1. The number of rotatable bonds is 5. The molecular weight excluding hydrogens is 264 g/mol. The van der Waals surface area contributed by atoms with Gasteiger partial charge in [0.15, 0.2) is 0 Å². The zero-order chi connectivity index (χ0) is 13.0. The third-order valence-corrected chi connectivity index (χ3v) is 4.78. The Morgan fingerprint density at radius 3 is 2.72 bits per heavy atom. The quantitative estimate of drug-likeness (QED) is 0.766. The van der Waals surface area contributed by atoms with Crippen molar-refractivity contribution >= 4 is 22.9 Å². The van der Waals surface area contributed by atoms with Gasteiger partial charge in [-0.05, 0) is 31.2 Å². The Bertz CT molecular complexity index is 356. The molecule has 0 N–H and O–H groups in total. The van der Waals surface area contributed by atoms with Crippen LogP contribution in [0.4, 0.5) is 0 Å². The lowest BCUT2D eigenvalue weighted by Gasteiger charge is -2.34.